The minimum atomic E-state index is -0.0763. The molecule has 148 valence electrons. The minimum absolute atomic E-state index is 0.0150. The van der Waals surface area contributed by atoms with Crippen molar-refractivity contribution in [2.24, 2.45) is 0 Å². The summed E-state index contributed by atoms with van der Waals surface area (Å²) in [5, 5.41) is 34.0. The second-order valence-electron chi connectivity index (χ2n) is 5.99. The van der Waals surface area contributed by atoms with Gasteiger partial charge >= 0.3 is 0 Å². The third kappa shape index (κ3) is 3.93. The monoisotopic (exact) mass is 448 g/mol. The Hall–Kier alpha value is -2.71. The molecular weight excluding hydrogens is 428 g/mol. The lowest BCUT2D eigenvalue weighted by Gasteiger charge is -2.09. The molecule has 0 unspecified atom stereocenters. The Balaban J connectivity index is 2.11. The number of aliphatic hydroxyl groups excluding tert-OH is 1. The van der Waals surface area contributed by atoms with Crippen molar-refractivity contribution in [3.05, 3.63) is 40.9 Å². The molecule has 0 aliphatic heterocycles. The van der Waals surface area contributed by atoms with Crippen molar-refractivity contribution in [1.82, 2.24) is 9.78 Å². The molecule has 0 atom stereocenters. The van der Waals surface area contributed by atoms with Gasteiger partial charge in [-0.3, -0.25) is 4.68 Å². The lowest BCUT2D eigenvalue weighted by Crippen LogP contribution is -2.06. The van der Waals surface area contributed by atoms with Gasteiger partial charge in [0.1, 0.15) is 0 Å². The number of phenols is 2. The zero-order valence-electron chi connectivity index (χ0n) is 15.5. The number of ether oxygens (including phenoxy) is 2. The van der Waals surface area contributed by atoms with Crippen LogP contribution in [0.3, 0.4) is 0 Å². The first kappa shape index (κ1) is 20.0. The van der Waals surface area contributed by atoms with Gasteiger partial charge in [0.2, 0.25) is 0 Å². The second kappa shape index (κ2) is 8.53. The average molecular weight is 449 g/mol. The van der Waals surface area contributed by atoms with Crippen LogP contribution in [0, 0.1) is 0 Å². The summed E-state index contributed by atoms with van der Waals surface area (Å²) in [5.41, 5.74) is 2.93. The lowest BCUT2D eigenvalue weighted by atomic mass is 10.1. The number of hydrogen-bond acceptors (Lipinski definition) is 6. The average Bonchev–Trinajstić information content (AvgIpc) is 3.10. The van der Waals surface area contributed by atoms with E-state index in [1.165, 1.54) is 7.11 Å². The van der Waals surface area contributed by atoms with Crippen molar-refractivity contribution in [3.63, 3.8) is 0 Å². The number of hydrogen-bond donors (Lipinski definition) is 3. The van der Waals surface area contributed by atoms with Crippen LogP contribution in [0.25, 0.3) is 22.5 Å². The maximum absolute atomic E-state index is 10.0. The van der Waals surface area contributed by atoms with E-state index in [1.807, 2.05) is 13.0 Å². The maximum Gasteiger partial charge on any atom is 0.172 e. The van der Waals surface area contributed by atoms with Crippen LogP contribution in [0.2, 0.25) is 0 Å². The molecule has 28 heavy (non-hydrogen) atoms. The summed E-state index contributed by atoms with van der Waals surface area (Å²) >= 11 is 3.32. The first-order valence-electron chi connectivity index (χ1n) is 8.70. The Morgan fingerprint density at radius 3 is 2.50 bits per heavy atom. The number of aliphatic hydroxyl groups is 1. The topological polar surface area (TPSA) is 97.0 Å². The fourth-order valence-electron chi connectivity index (χ4n) is 2.88. The summed E-state index contributed by atoms with van der Waals surface area (Å²) < 4.78 is 12.9. The van der Waals surface area contributed by atoms with Crippen LogP contribution in [0.15, 0.2) is 40.9 Å². The van der Waals surface area contributed by atoms with Crippen molar-refractivity contribution in [3.8, 4) is 45.5 Å². The molecular formula is C20H21BrN2O5. The van der Waals surface area contributed by atoms with Gasteiger partial charge in [-0.05, 0) is 59.3 Å². The summed E-state index contributed by atoms with van der Waals surface area (Å²) in [4.78, 5) is 0. The number of aromatic hydroxyl groups is 2. The Bertz CT molecular complexity index is 987. The highest BCUT2D eigenvalue weighted by Crippen LogP contribution is 2.39. The minimum Gasteiger partial charge on any atom is -0.504 e. The van der Waals surface area contributed by atoms with Crippen molar-refractivity contribution in [2.75, 3.05) is 20.3 Å². The van der Waals surface area contributed by atoms with Crippen LogP contribution < -0.4 is 9.47 Å². The van der Waals surface area contributed by atoms with E-state index in [4.69, 9.17) is 9.47 Å². The molecule has 0 bridgehead atoms. The van der Waals surface area contributed by atoms with E-state index in [2.05, 4.69) is 21.0 Å². The third-order valence-corrected chi connectivity index (χ3v) is 4.80. The number of phenolic OH excluding ortho intramolecular Hbond substituents is 2. The highest BCUT2D eigenvalue weighted by molar-refractivity contribution is 9.10. The molecule has 1 aromatic heterocycles. The summed E-state index contributed by atoms with van der Waals surface area (Å²) in [5.74, 6) is 0.783. The molecule has 8 heteroatoms. The number of benzene rings is 2. The molecule has 0 radical (unpaired) electrons. The molecule has 2 aromatic carbocycles. The molecule has 0 saturated carbocycles. The van der Waals surface area contributed by atoms with E-state index in [0.717, 1.165) is 16.8 Å². The molecule has 3 N–H and O–H groups in total. The first-order chi connectivity index (χ1) is 13.5. The van der Waals surface area contributed by atoms with Gasteiger partial charge in [-0.2, -0.15) is 5.10 Å². The number of halogens is 1. The third-order valence-electron chi connectivity index (χ3n) is 4.19. The van der Waals surface area contributed by atoms with Crippen LogP contribution in [-0.2, 0) is 6.54 Å². The van der Waals surface area contributed by atoms with Crippen LogP contribution in [0.4, 0.5) is 0 Å². The maximum atomic E-state index is 10.0. The standard InChI is InChI=1S/C20H21BrN2O5/c1-3-28-18-9-12(4-5-17(18)25)16-11-15(22-23(16)6-7-24)13-8-14(21)20(26)19(10-13)27-2/h4-5,8-11,24-26H,3,6-7H2,1-2H3. The Morgan fingerprint density at radius 2 is 1.82 bits per heavy atom. The smallest absolute Gasteiger partial charge is 0.172 e. The summed E-state index contributed by atoms with van der Waals surface area (Å²) in [6.45, 7) is 2.50. The van der Waals surface area contributed by atoms with Gasteiger partial charge in [-0.25, -0.2) is 0 Å². The number of nitrogens with zero attached hydrogens (tertiary/aromatic N) is 2. The Labute approximate surface area is 170 Å². The van der Waals surface area contributed by atoms with E-state index in [-0.39, 0.29) is 18.1 Å². The predicted molar refractivity (Wildman–Crippen MR) is 109 cm³/mol. The lowest BCUT2D eigenvalue weighted by molar-refractivity contribution is 0.270. The normalized spacial score (nSPS) is 10.9. The zero-order chi connectivity index (χ0) is 20.3. The fourth-order valence-corrected chi connectivity index (χ4v) is 3.32. The van der Waals surface area contributed by atoms with Gasteiger partial charge in [-0.15, -0.1) is 0 Å². The molecule has 0 amide bonds. The van der Waals surface area contributed by atoms with E-state index < -0.39 is 0 Å². The zero-order valence-corrected chi connectivity index (χ0v) is 17.1. The van der Waals surface area contributed by atoms with Crippen molar-refractivity contribution in [2.45, 2.75) is 13.5 Å². The molecule has 3 rings (SSSR count). The second-order valence-corrected chi connectivity index (χ2v) is 6.84. The van der Waals surface area contributed by atoms with Crippen molar-refractivity contribution in [1.29, 1.82) is 0 Å². The quantitative estimate of drug-likeness (QED) is 0.508. The highest BCUT2D eigenvalue weighted by atomic mass is 79.9. The SMILES string of the molecule is CCOc1cc(-c2cc(-c3cc(Br)c(O)c(OC)c3)nn2CCO)ccc1O. The summed E-state index contributed by atoms with van der Waals surface area (Å²) in [6.07, 6.45) is 0. The van der Waals surface area contributed by atoms with Crippen LogP contribution in [0.5, 0.6) is 23.0 Å². The molecule has 7 nitrogen and oxygen atoms in total. The van der Waals surface area contributed by atoms with E-state index in [9.17, 15) is 15.3 Å². The Morgan fingerprint density at radius 1 is 1.07 bits per heavy atom. The fraction of sp³-hybridized carbons (Fsp3) is 0.250. The largest absolute Gasteiger partial charge is 0.504 e. The molecule has 0 spiro atoms. The summed E-state index contributed by atoms with van der Waals surface area (Å²) in [6, 6.07) is 10.4. The van der Waals surface area contributed by atoms with Gasteiger partial charge in [-0.1, -0.05) is 0 Å². The van der Waals surface area contributed by atoms with Crippen LogP contribution >= 0.6 is 15.9 Å². The first-order valence-corrected chi connectivity index (χ1v) is 9.49. The van der Waals surface area contributed by atoms with Crippen molar-refractivity contribution >= 4 is 15.9 Å². The van der Waals surface area contributed by atoms with Gasteiger partial charge in [0.05, 0.1) is 42.7 Å². The molecule has 0 aliphatic carbocycles. The van der Waals surface area contributed by atoms with E-state index in [0.29, 0.717) is 34.8 Å². The summed E-state index contributed by atoms with van der Waals surface area (Å²) in [7, 11) is 1.48. The van der Waals surface area contributed by atoms with E-state index in [1.54, 1.807) is 35.0 Å². The predicted octanol–water partition coefficient (Wildman–Crippen LogP) is 3.79. The molecule has 0 saturated heterocycles. The highest BCUT2D eigenvalue weighted by Gasteiger charge is 2.16. The number of methoxy groups -OCH3 is 1. The van der Waals surface area contributed by atoms with Crippen LogP contribution in [-0.4, -0.2) is 45.4 Å². The molecule has 0 fully saturated rings. The van der Waals surface area contributed by atoms with Gasteiger partial charge in [0.15, 0.2) is 23.0 Å². The molecule has 3 aromatic rings. The Kier molecular flexibility index (Phi) is 6.11. The van der Waals surface area contributed by atoms with Gasteiger partial charge in [0.25, 0.3) is 0 Å². The molecule has 0 aliphatic rings. The number of rotatable bonds is 7. The number of aromatic nitrogens is 2. The van der Waals surface area contributed by atoms with Crippen LogP contribution in [0.1, 0.15) is 6.92 Å². The van der Waals surface area contributed by atoms with Gasteiger partial charge in [0, 0.05) is 11.1 Å². The van der Waals surface area contributed by atoms with E-state index >= 15 is 0 Å². The van der Waals surface area contributed by atoms with Gasteiger partial charge < -0.3 is 24.8 Å². The van der Waals surface area contributed by atoms with Crippen molar-refractivity contribution < 1.29 is 24.8 Å². The molecule has 1 heterocycles.